The van der Waals surface area contributed by atoms with Crippen LogP contribution in [0.25, 0.3) is 0 Å². The molecule has 0 spiro atoms. The van der Waals surface area contributed by atoms with Gasteiger partial charge in [-0.15, -0.1) is 0 Å². The van der Waals surface area contributed by atoms with E-state index < -0.39 is 5.41 Å². The summed E-state index contributed by atoms with van der Waals surface area (Å²) in [6.07, 6.45) is 0.849. The Morgan fingerprint density at radius 3 is 2.41 bits per heavy atom. The smallest absolute Gasteiger partial charge is 0.305 e. The Hall–Kier alpha value is -1.64. The lowest BCUT2D eigenvalue weighted by molar-refractivity contribution is -0.160. The fourth-order valence-corrected chi connectivity index (χ4v) is 4.55. The molecule has 3 rings (SSSR count). The summed E-state index contributed by atoms with van der Waals surface area (Å²) in [4.78, 5) is 24.9. The lowest BCUT2D eigenvalue weighted by Gasteiger charge is -2.37. The molecule has 0 radical (unpaired) electrons. The molecule has 4 atom stereocenters. The van der Waals surface area contributed by atoms with Crippen molar-refractivity contribution < 1.29 is 14.3 Å². The van der Waals surface area contributed by atoms with Crippen molar-refractivity contribution in [2.24, 2.45) is 16.7 Å². The Morgan fingerprint density at radius 1 is 1.23 bits per heavy atom. The van der Waals surface area contributed by atoms with Crippen molar-refractivity contribution in [3.05, 3.63) is 35.9 Å². The minimum atomic E-state index is -0.594. The number of carbonyl (C=O) groups is 2. The van der Waals surface area contributed by atoms with Gasteiger partial charge in [-0.3, -0.25) is 9.59 Å². The summed E-state index contributed by atoms with van der Waals surface area (Å²) in [6.45, 7) is 8.08. The van der Waals surface area contributed by atoms with Crippen molar-refractivity contribution in [3.63, 3.8) is 0 Å². The number of Topliss-reactive ketones (excluding diaryl/α,β-unsaturated/α-hetero) is 1. The molecule has 0 amide bonds. The summed E-state index contributed by atoms with van der Waals surface area (Å²) in [5.41, 5.74) is 0.335. The van der Waals surface area contributed by atoms with Gasteiger partial charge in [0.1, 0.15) is 6.10 Å². The average Bonchev–Trinajstić information content (AvgIpc) is 2.78. The first-order valence-electron chi connectivity index (χ1n) is 8.12. The highest BCUT2D eigenvalue weighted by atomic mass is 16.5. The van der Waals surface area contributed by atoms with Gasteiger partial charge in [-0.2, -0.15) is 0 Å². The summed E-state index contributed by atoms with van der Waals surface area (Å²) >= 11 is 0. The average molecular weight is 300 g/mol. The van der Waals surface area contributed by atoms with Crippen molar-refractivity contribution in [3.8, 4) is 0 Å². The third kappa shape index (κ3) is 1.81. The Labute approximate surface area is 132 Å². The Bertz CT molecular complexity index is 604. The van der Waals surface area contributed by atoms with Gasteiger partial charge < -0.3 is 4.74 Å². The molecular formula is C19H24O3. The summed E-state index contributed by atoms with van der Waals surface area (Å²) in [7, 11) is 0. The van der Waals surface area contributed by atoms with Crippen LogP contribution in [0.3, 0.4) is 0 Å². The molecular weight excluding hydrogens is 276 g/mol. The van der Waals surface area contributed by atoms with E-state index in [0.717, 1.165) is 12.0 Å². The van der Waals surface area contributed by atoms with E-state index in [-0.39, 0.29) is 35.1 Å². The van der Waals surface area contributed by atoms with Crippen LogP contribution >= 0.6 is 0 Å². The van der Waals surface area contributed by atoms with Gasteiger partial charge in [0.05, 0.1) is 5.41 Å². The second-order valence-electron chi connectivity index (χ2n) is 7.35. The Morgan fingerprint density at radius 2 is 1.86 bits per heavy atom. The molecule has 0 aliphatic heterocycles. The van der Waals surface area contributed by atoms with E-state index in [1.807, 2.05) is 37.3 Å². The topological polar surface area (TPSA) is 43.4 Å². The summed E-state index contributed by atoms with van der Waals surface area (Å²) in [5.74, 6) is 0.173. The largest absolute Gasteiger partial charge is 0.461 e. The molecule has 1 aromatic carbocycles. The molecule has 118 valence electrons. The highest BCUT2D eigenvalue weighted by molar-refractivity contribution is 5.96. The van der Waals surface area contributed by atoms with Crippen LogP contribution in [0, 0.1) is 16.7 Å². The fourth-order valence-electron chi connectivity index (χ4n) is 4.55. The van der Waals surface area contributed by atoms with Crippen LogP contribution in [0.15, 0.2) is 30.3 Å². The standard InChI is InChI=1S/C19H24O3/c1-5-15(20)22-14-11-13-16(12-9-7-6-8-10-12)17(21)19(14,4)18(13,2)3/h6-10,13-14,16H,5,11H2,1-4H3. The van der Waals surface area contributed by atoms with Crippen molar-refractivity contribution in [2.45, 2.75) is 52.6 Å². The van der Waals surface area contributed by atoms with E-state index in [1.54, 1.807) is 6.92 Å². The van der Waals surface area contributed by atoms with E-state index in [2.05, 4.69) is 13.8 Å². The van der Waals surface area contributed by atoms with E-state index in [0.29, 0.717) is 6.42 Å². The van der Waals surface area contributed by atoms with Crippen LogP contribution in [0.5, 0.6) is 0 Å². The van der Waals surface area contributed by atoms with Gasteiger partial charge >= 0.3 is 5.97 Å². The van der Waals surface area contributed by atoms with Gasteiger partial charge in [0.25, 0.3) is 0 Å². The molecule has 4 unspecified atom stereocenters. The number of ether oxygens (including phenoxy) is 1. The molecule has 2 saturated carbocycles. The van der Waals surface area contributed by atoms with E-state index in [9.17, 15) is 9.59 Å². The van der Waals surface area contributed by atoms with Crippen LogP contribution in [0.2, 0.25) is 0 Å². The Kier molecular flexibility index (Phi) is 3.42. The number of carbonyl (C=O) groups excluding carboxylic acids is 2. The number of ketones is 1. The second kappa shape index (κ2) is 4.94. The van der Waals surface area contributed by atoms with E-state index in [1.165, 1.54) is 0 Å². The molecule has 0 aromatic heterocycles. The van der Waals surface area contributed by atoms with Crippen molar-refractivity contribution in [2.75, 3.05) is 0 Å². The first-order chi connectivity index (χ1) is 10.3. The number of fused-ring (bicyclic) bond motifs is 2. The van der Waals surface area contributed by atoms with Crippen LogP contribution in [0.4, 0.5) is 0 Å². The summed E-state index contributed by atoms with van der Waals surface area (Å²) < 4.78 is 5.63. The molecule has 2 fully saturated rings. The highest BCUT2D eigenvalue weighted by Crippen LogP contribution is 2.68. The molecule has 3 nitrogen and oxygen atoms in total. The normalized spacial score (nSPS) is 35.6. The minimum Gasteiger partial charge on any atom is -0.461 e. The number of hydrogen-bond donors (Lipinski definition) is 0. The molecule has 0 saturated heterocycles. The fraction of sp³-hybridized carbons (Fsp3) is 0.579. The van der Waals surface area contributed by atoms with Crippen molar-refractivity contribution >= 4 is 11.8 Å². The third-order valence-corrected chi connectivity index (χ3v) is 6.30. The van der Waals surface area contributed by atoms with Gasteiger partial charge in [0.15, 0.2) is 5.78 Å². The monoisotopic (exact) mass is 300 g/mol. The third-order valence-electron chi connectivity index (χ3n) is 6.30. The van der Waals surface area contributed by atoms with Gasteiger partial charge in [0.2, 0.25) is 0 Å². The zero-order chi connectivity index (χ0) is 16.1. The van der Waals surface area contributed by atoms with Crippen LogP contribution in [0.1, 0.15) is 52.0 Å². The minimum absolute atomic E-state index is 0.0715. The van der Waals surface area contributed by atoms with Crippen LogP contribution < -0.4 is 0 Å². The second-order valence-corrected chi connectivity index (χ2v) is 7.35. The number of hydrogen-bond acceptors (Lipinski definition) is 3. The van der Waals surface area contributed by atoms with Crippen LogP contribution in [-0.2, 0) is 14.3 Å². The van der Waals surface area contributed by atoms with E-state index >= 15 is 0 Å². The molecule has 3 heteroatoms. The summed E-state index contributed by atoms with van der Waals surface area (Å²) in [6, 6.07) is 10.0. The van der Waals surface area contributed by atoms with Crippen molar-refractivity contribution in [1.29, 1.82) is 0 Å². The number of benzene rings is 1. The molecule has 1 aromatic rings. The molecule has 0 heterocycles. The Balaban J connectivity index is 1.98. The first-order valence-corrected chi connectivity index (χ1v) is 8.12. The highest BCUT2D eigenvalue weighted by Gasteiger charge is 2.72. The predicted molar refractivity (Wildman–Crippen MR) is 84.4 cm³/mol. The SMILES string of the molecule is CCC(=O)OC1CC2C(c3ccccc3)C(=O)C1(C)C2(C)C. The van der Waals surface area contributed by atoms with Gasteiger partial charge in [-0.05, 0) is 30.2 Å². The molecule has 2 aliphatic rings. The zero-order valence-corrected chi connectivity index (χ0v) is 13.8. The molecule has 2 bridgehead atoms. The lowest BCUT2D eigenvalue weighted by atomic mass is 9.69. The van der Waals surface area contributed by atoms with Gasteiger partial charge in [-0.25, -0.2) is 0 Å². The first kappa shape index (κ1) is 15.3. The van der Waals surface area contributed by atoms with Crippen LogP contribution in [-0.4, -0.2) is 17.9 Å². The predicted octanol–water partition coefficient (Wildman–Crippen LogP) is 3.73. The maximum atomic E-state index is 13.2. The van der Waals surface area contributed by atoms with Crippen molar-refractivity contribution in [1.82, 2.24) is 0 Å². The molecule has 22 heavy (non-hydrogen) atoms. The van der Waals surface area contributed by atoms with Gasteiger partial charge in [0, 0.05) is 12.3 Å². The quantitative estimate of drug-likeness (QED) is 0.799. The summed E-state index contributed by atoms with van der Waals surface area (Å²) in [5, 5.41) is 0. The zero-order valence-electron chi connectivity index (χ0n) is 13.8. The van der Waals surface area contributed by atoms with Gasteiger partial charge in [-0.1, -0.05) is 51.1 Å². The van der Waals surface area contributed by atoms with E-state index in [4.69, 9.17) is 4.74 Å². The maximum Gasteiger partial charge on any atom is 0.305 e. The maximum absolute atomic E-state index is 13.2. The molecule has 2 aliphatic carbocycles. The molecule has 0 N–H and O–H groups in total. The number of esters is 1. The lowest BCUT2D eigenvalue weighted by Crippen LogP contribution is -2.45. The number of rotatable bonds is 3.